The van der Waals surface area contributed by atoms with E-state index < -0.39 is 0 Å². The highest BCUT2D eigenvalue weighted by Crippen LogP contribution is 2.35. The second-order valence-corrected chi connectivity index (χ2v) is 7.03. The van der Waals surface area contributed by atoms with E-state index in [0.29, 0.717) is 12.6 Å². The number of rotatable bonds is 6. The summed E-state index contributed by atoms with van der Waals surface area (Å²) in [5, 5.41) is 2.28. The standard InChI is InChI=1S/C22H29N3O2/c1-5-18-9-10-20(21(14-18)27-16-26-6-2)22-17(3)11-12-23-25(22)19-8-7-13-24(4)15-19/h1,9-12,14,19,23H,6-8,13,15-16H2,2-4H3/t19-/m1/s1. The van der Waals surface area contributed by atoms with Crippen molar-refractivity contribution in [1.29, 1.82) is 0 Å². The lowest BCUT2D eigenvalue weighted by Crippen LogP contribution is -2.51. The van der Waals surface area contributed by atoms with E-state index in [4.69, 9.17) is 15.9 Å². The first-order valence-electron chi connectivity index (χ1n) is 9.57. The molecule has 0 amide bonds. The summed E-state index contributed by atoms with van der Waals surface area (Å²) in [6.07, 6.45) is 12.0. The summed E-state index contributed by atoms with van der Waals surface area (Å²) >= 11 is 0. The average molecular weight is 367 g/mol. The Bertz CT molecular complexity index is 763. The van der Waals surface area contributed by atoms with Crippen molar-refractivity contribution in [3.8, 4) is 18.1 Å². The summed E-state index contributed by atoms with van der Waals surface area (Å²) in [6, 6.07) is 6.33. The summed E-state index contributed by atoms with van der Waals surface area (Å²) in [5.41, 5.74) is 7.60. The Hall–Kier alpha value is -2.42. The number of terminal acetylenes is 1. The van der Waals surface area contributed by atoms with Gasteiger partial charge in [0, 0.05) is 30.5 Å². The van der Waals surface area contributed by atoms with Gasteiger partial charge in [-0.3, -0.25) is 5.01 Å². The molecule has 1 fully saturated rings. The molecule has 0 radical (unpaired) electrons. The van der Waals surface area contributed by atoms with Gasteiger partial charge in [-0.05, 0) is 70.1 Å². The SMILES string of the molecule is C#Cc1ccc(C2=C(C)C=CNN2[C@@H]2CCCN(C)C2)c(OCOCC)c1. The molecule has 1 N–H and O–H groups in total. The Labute approximate surface area is 162 Å². The van der Waals surface area contributed by atoms with Gasteiger partial charge in [-0.25, -0.2) is 0 Å². The number of hydrogen-bond donors (Lipinski definition) is 1. The van der Waals surface area contributed by atoms with Gasteiger partial charge in [0.1, 0.15) is 5.75 Å². The van der Waals surface area contributed by atoms with Crippen LogP contribution in [0.3, 0.4) is 0 Å². The molecule has 27 heavy (non-hydrogen) atoms. The maximum Gasteiger partial charge on any atom is 0.189 e. The first-order chi connectivity index (χ1) is 13.1. The fourth-order valence-electron chi connectivity index (χ4n) is 3.67. The summed E-state index contributed by atoms with van der Waals surface area (Å²) in [7, 11) is 2.18. The normalized spacial score (nSPS) is 20.4. The summed E-state index contributed by atoms with van der Waals surface area (Å²) in [4.78, 5) is 2.38. The molecule has 0 aliphatic carbocycles. The van der Waals surface area contributed by atoms with Crippen LogP contribution in [0, 0.1) is 12.3 Å². The number of benzene rings is 1. The van der Waals surface area contributed by atoms with Crippen LogP contribution in [-0.2, 0) is 4.74 Å². The Balaban J connectivity index is 1.97. The monoisotopic (exact) mass is 367 g/mol. The zero-order chi connectivity index (χ0) is 19.2. The predicted molar refractivity (Wildman–Crippen MR) is 109 cm³/mol. The van der Waals surface area contributed by atoms with Crippen LogP contribution in [0.15, 0.2) is 36.0 Å². The van der Waals surface area contributed by atoms with Crippen molar-refractivity contribution in [2.24, 2.45) is 0 Å². The highest BCUT2D eigenvalue weighted by atomic mass is 16.7. The van der Waals surface area contributed by atoms with Crippen LogP contribution in [0.5, 0.6) is 5.75 Å². The molecule has 0 aromatic heterocycles. The third kappa shape index (κ3) is 4.47. The van der Waals surface area contributed by atoms with E-state index in [9.17, 15) is 0 Å². The molecule has 0 saturated carbocycles. The van der Waals surface area contributed by atoms with Crippen LogP contribution in [0.2, 0.25) is 0 Å². The van der Waals surface area contributed by atoms with E-state index in [0.717, 1.165) is 42.1 Å². The number of nitrogens with zero attached hydrogens (tertiary/aromatic N) is 2. The van der Waals surface area contributed by atoms with Crippen molar-refractivity contribution < 1.29 is 9.47 Å². The van der Waals surface area contributed by atoms with Crippen molar-refractivity contribution in [3.63, 3.8) is 0 Å². The van der Waals surface area contributed by atoms with Crippen LogP contribution >= 0.6 is 0 Å². The Morgan fingerprint density at radius 1 is 1.37 bits per heavy atom. The van der Waals surface area contributed by atoms with E-state index in [2.05, 4.69) is 47.4 Å². The highest BCUT2D eigenvalue weighted by Gasteiger charge is 2.29. The molecule has 0 bridgehead atoms. The Kier molecular flexibility index (Phi) is 6.44. The van der Waals surface area contributed by atoms with Gasteiger partial charge >= 0.3 is 0 Å². The van der Waals surface area contributed by atoms with E-state index in [1.807, 2.05) is 25.3 Å². The van der Waals surface area contributed by atoms with Crippen molar-refractivity contribution >= 4 is 5.70 Å². The van der Waals surface area contributed by atoms with Gasteiger partial charge in [0.05, 0.1) is 11.7 Å². The van der Waals surface area contributed by atoms with E-state index in [1.165, 1.54) is 12.0 Å². The molecule has 5 heteroatoms. The molecule has 144 valence electrons. The molecule has 1 aromatic carbocycles. The minimum absolute atomic E-state index is 0.208. The van der Waals surface area contributed by atoms with Crippen LogP contribution in [0.4, 0.5) is 0 Å². The third-order valence-electron chi connectivity index (χ3n) is 5.03. The number of ether oxygens (including phenoxy) is 2. The molecule has 1 saturated heterocycles. The van der Waals surface area contributed by atoms with Crippen LogP contribution < -0.4 is 10.2 Å². The smallest absolute Gasteiger partial charge is 0.189 e. The molecule has 5 nitrogen and oxygen atoms in total. The number of likely N-dealkylation sites (N-methyl/N-ethyl adjacent to an activating group) is 1. The number of likely N-dealkylation sites (tertiary alicyclic amines) is 1. The number of allylic oxidation sites excluding steroid dienone is 2. The number of nitrogens with one attached hydrogen (secondary N) is 1. The highest BCUT2D eigenvalue weighted by molar-refractivity contribution is 5.75. The summed E-state index contributed by atoms with van der Waals surface area (Å²) < 4.78 is 11.3. The lowest BCUT2D eigenvalue weighted by molar-refractivity contribution is 0.0220. The first-order valence-corrected chi connectivity index (χ1v) is 9.57. The molecule has 2 aliphatic rings. The molecule has 2 aliphatic heterocycles. The van der Waals surface area contributed by atoms with Crippen LogP contribution in [0.25, 0.3) is 5.70 Å². The maximum atomic E-state index is 5.94. The Morgan fingerprint density at radius 3 is 2.96 bits per heavy atom. The van der Waals surface area contributed by atoms with Crippen molar-refractivity contribution in [2.45, 2.75) is 32.7 Å². The van der Waals surface area contributed by atoms with Crippen molar-refractivity contribution in [2.75, 3.05) is 33.5 Å². The zero-order valence-electron chi connectivity index (χ0n) is 16.5. The Morgan fingerprint density at radius 2 is 2.22 bits per heavy atom. The second-order valence-electron chi connectivity index (χ2n) is 7.03. The quantitative estimate of drug-likeness (QED) is 0.475. The topological polar surface area (TPSA) is 37.0 Å². The van der Waals surface area contributed by atoms with Gasteiger partial charge in [0.15, 0.2) is 6.79 Å². The second kappa shape index (κ2) is 8.98. The van der Waals surface area contributed by atoms with Gasteiger partial charge in [-0.1, -0.05) is 5.92 Å². The van der Waals surface area contributed by atoms with Gasteiger partial charge in [-0.15, -0.1) is 6.42 Å². The summed E-state index contributed by atoms with van der Waals surface area (Å²) in [6.45, 7) is 7.07. The first kappa shape index (κ1) is 19.3. The number of hydrazine groups is 1. The summed E-state index contributed by atoms with van der Waals surface area (Å²) in [5.74, 6) is 3.44. The molecule has 0 unspecified atom stereocenters. The molecule has 3 rings (SSSR count). The largest absolute Gasteiger partial charge is 0.467 e. The molecule has 0 spiro atoms. The van der Waals surface area contributed by atoms with E-state index in [1.54, 1.807) is 0 Å². The number of hydrogen-bond acceptors (Lipinski definition) is 5. The molecular formula is C22H29N3O2. The van der Waals surface area contributed by atoms with Gasteiger partial charge < -0.3 is 19.8 Å². The molecule has 2 heterocycles. The van der Waals surface area contributed by atoms with Crippen LogP contribution in [-0.4, -0.2) is 49.5 Å². The average Bonchev–Trinajstić information content (AvgIpc) is 2.68. The minimum Gasteiger partial charge on any atom is -0.467 e. The van der Waals surface area contributed by atoms with Crippen molar-refractivity contribution in [3.05, 3.63) is 47.2 Å². The van der Waals surface area contributed by atoms with Crippen LogP contribution in [0.1, 0.15) is 37.8 Å². The lowest BCUT2D eigenvalue weighted by atomic mass is 9.98. The fourth-order valence-corrected chi connectivity index (χ4v) is 3.67. The van der Waals surface area contributed by atoms with Gasteiger partial charge in [0.25, 0.3) is 0 Å². The van der Waals surface area contributed by atoms with Gasteiger partial charge in [0.2, 0.25) is 0 Å². The fraction of sp³-hybridized carbons (Fsp3) is 0.455. The minimum atomic E-state index is 0.208. The third-order valence-corrected chi connectivity index (χ3v) is 5.03. The number of piperidine rings is 1. The molecular weight excluding hydrogens is 338 g/mol. The zero-order valence-corrected chi connectivity index (χ0v) is 16.5. The van der Waals surface area contributed by atoms with E-state index in [-0.39, 0.29) is 6.79 Å². The molecule has 1 aromatic rings. The van der Waals surface area contributed by atoms with E-state index >= 15 is 0 Å². The predicted octanol–water partition coefficient (Wildman–Crippen LogP) is 3.20. The molecule has 1 atom stereocenters. The van der Waals surface area contributed by atoms with Crippen molar-refractivity contribution in [1.82, 2.24) is 15.3 Å². The maximum absolute atomic E-state index is 5.94. The van der Waals surface area contributed by atoms with Gasteiger partial charge in [-0.2, -0.15) is 0 Å². The lowest BCUT2D eigenvalue weighted by Gasteiger charge is -2.42.